The van der Waals surface area contributed by atoms with Crippen LogP contribution in [-0.4, -0.2) is 36.2 Å². The molecule has 0 amide bonds. The zero-order valence-corrected chi connectivity index (χ0v) is 4.72. The van der Waals surface area contributed by atoms with Crippen LogP contribution in [0.4, 0.5) is 0 Å². The molecule has 1 rings (SSSR count). The lowest BCUT2D eigenvalue weighted by atomic mass is 10.5. The van der Waals surface area contributed by atoms with E-state index in [4.69, 9.17) is 5.11 Å². The van der Waals surface area contributed by atoms with Gasteiger partial charge in [-0.15, -0.1) is 0 Å². The minimum atomic E-state index is 0.217. The van der Waals surface area contributed by atoms with E-state index in [-0.39, 0.29) is 6.61 Å². The Hall–Kier alpha value is -0.120. The Bertz CT molecular complexity index is 61.4. The van der Waals surface area contributed by atoms with Gasteiger partial charge in [-0.05, 0) is 0 Å². The van der Waals surface area contributed by atoms with Gasteiger partial charge >= 0.3 is 0 Å². The van der Waals surface area contributed by atoms with E-state index >= 15 is 0 Å². The molecule has 0 spiro atoms. The van der Waals surface area contributed by atoms with Gasteiger partial charge < -0.3 is 5.11 Å². The fourth-order valence-electron chi connectivity index (χ4n) is 0.703. The maximum absolute atomic E-state index is 8.42. The van der Waals surface area contributed by atoms with Crippen molar-refractivity contribution in [3.63, 3.8) is 0 Å². The standard InChI is InChI=1S/C5H10N2O/c8-4-3-7-2-1-6-5-7/h6,8H,1-4H2. The van der Waals surface area contributed by atoms with E-state index in [1.54, 1.807) is 0 Å². The van der Waals surface area contributed by atoms with Gasteiger partial charge in [-0.1, -0.05) is 0 Å². The summed E-state index contributed by atoms with van der Waals surface area (Å²) in [7, 11) is 0. The number of β-amino-alcohol motifs (C(OH)–C–C–N with tert-alkyl or cyclic N) is 1. The number of rotatable bonds is 2. The van der Waals surface area contributed by atoms with E-state index in [2.05, 4.69) is 12.0 Å². The highest BCUT2D eigenvalue weighted by Gasteiger charge is 2.09. The van der Waals surface area contributed by atoms with Crippen molar-refractivity contribution < 1.29 is 5.11 Å². The first-order valence-corrected chi connectivity index (χ1v) is 2.78. The lowest BCUT2D eigenvalue weighted by Crippen LogP contribution is -2.20. The minimum Gasteiger partial charge on any atom is -0.395 e. The molecule has 46 valence electrons. The Morgan fingerprint density at radius 3 is 3.12 bits per heavy atom. The van der Waals surface area contributed by atoms with Gasteiger partial charge in [0.1, 0.15) is 6.67 Å². The average molecular weight is 114 g/mol. The highest BCUT2D eigenvalue weighted by atomic mass is 16.3. The van der Waals surface area contributed by atoms with Crippen LogP contribution in [0.5, 0.6) is 0 Å². The molecule has 0 aromatic carbocycles. The lowest BCUT2D eigenvalue weighted by Gasteiger charge is -2.07. The van der Waals surface area contributed by atoms with Gasteiger partial charge in [0.05, 0.1) is 6.61 Å². The molecule has 2 N–H and O–H groups in total. The molecular weight excluding hydrogens is 104 g/mol. The van der Waals surface area contributed by atoms with Crippen LogP contribution in [0.2, 0.25) is 0 Å². The lowest BCUT2D eigenvalue weighted by molar-refractivity contribution is 0.238. The molecule has 1 saturated heterocycles. The molecule has 1 aliphatic heterocycles. The van der Waals surface area contributed by atoms with Gasteiger partial charge in [0.25, 0.3) is 0 Å². The second kappa shape index (κ2) is 3.02. The van der Waals surface area contributed by atoms with Crippen molar-refractivity contribution in [2.45, 2.75) is 0 Å². The predicted octanol–water partition coefficient (Wildman–Crippen LogP) is -1.12. The van der Waals surface area contributed by atoms with Crippen LogP contribution in [0, 0.1) is 6.67 Å². The topological polar surface area (TPSA) is 35.5 Å². The monoisotopic (exact) mass is 114 g/mol. The van der Waals surface area contributed by atoms with Gasteiger partial charge in [0.2, 0.25) is 0 Å². The third-order valence-corrected chi connectivity index (χ3v) is 1.11. The number of nitrogens with zero attached hydrogens (tertiary/aromatic N) is 1. The van der Waals surface area contributed by atoms with Crippen molar-refractivity contribution in [1.29, 1.82) is 0 Å². The SMILES string of the molecule is OCCN1[C]NCC1. The molecule has 3 heteroatoms. The Balaban J connectivity index is 2.06. The van der Waals surface area contributed by atoms with Crippen molar-refractivity contribution in [1.82, 2.24) is 10.2 Å². The molecule has 1 heterocycles. The van der Waals surface area contributed by atoms with Crippen LogP contribution in [-0.2, 0) is 0 Å². The normalized spacial score (nSPS) is 22.1. The smallest absolute Gasteiger partial charge is 0.143 e. The van der Waals surface area contributed by atoms with Gasteiger partial charge in [-0.3, -0.25) is 10.2 Å². The van der Waals surface area contributed by atoms with Crippen molar-refractivity contribution in [2.24, 2.45) is 0 Å². The summed E-state index contributed by atoms with van der Waals surface area (Å²) in [6.45, 7) is 5.73. The second-order valence-corrected chi connectivity index (χ2v) is 1.75. The number of aliphatic hydroxyl groups excluding tert-OH is 1. The fraction of sp³-hybridized carbons (Fsp3) is 0.800. The number of nitrogens with one attached hydrogen (secondary N) is 1. The first-order valence-electron chi connectivity index (χ1n) is 2.78. The van der Waals surface area contributed by atoms with E-state index in [0.29, 0.717) is 6.54 Å². The van der Waals surface area contributed by atoms with E-state index in [1.165, 1.54) is 0 Å². The number of aliphatic hydroxyl groups is 1. The average Bonchev–Trinajstić information content (AvgIpc) is 2.19. The van der Waals surface area contributed by atoms with Crippen LogP contribution in [0.1, 0.15) is 0 Å². The zero-order chi connectivity index (χ0) is 5.82. The van der Waals surface area contributed by atoms with Gasteiger partial charge in [0, 0.05) is 19.6 Å². The quantitative estimate of drug-likeness (QED) is 0.477. The summed E-state index contributed by atoms with van der Waals surface area (Å²) in [6, 6.07) is 0. The summed E-state index contributed by atoms with van der Waals surface area (Å²) in [4.78, 5) is 1.93. The van der Waals surface area contributed by atoms with Gasteiger partial charge in [-0.25, -0.2) is 0 Å². The highest BCUT2D eigenvalue weighted by Crippen LogP contribution is 1.93. The predicted molar refractivity (Wildman–Crippen MR) is 29.9 cm³/mol. The Labute approximate surface area is 49.3 Å². The molecule has 0 unspecified atom stereocenters. The van der Waals surface area contributed by atoms with Crippen LogP contribution < -0.4 is 5.32 Å². The summed E-state index contributed by atoms with van der Waals surface area (Å²) >= 11 is 0. The van der Waals surface area contributed by atoms with Crippen LogP contribution in [0.25, 0.3) is 0 Å². The first kappa shape index (κ1) is 6.01. The molecule has 2 radical (unpaired) electrons. The molecule has 3 nitrogen and oxygen atoms in total. The van der Waals surface area contributed by atoms with Crippen LogP contribution >= 0.6 is 0 Å². The van der Waals surface area contributed by atoms with Crippen LogP contribution in [0.15, 0.2) is 0 Å². The first-order chi connectivity index (χ1) is 3.93. The molecule has 0 bridgehead atoms. The summed E-state index contributed by atoms with van der Waals surface area (Å²) in [6.07, 6.45) is 0. The fourth-order valence-corrected chi connectivity index (χ4v) is 0.703. The maximum Gasteiger partial charge on any atom is 0.143 e. The van der Waals surface area contributed by atoms with E-state index in [1.807, 2.05) is 4.90 Å². The summed E-state index contributed by atoms with van der Waals surface area (Å²) < 4.78 is 0. The molecule has 8 heavy (non-hydrogen) atoms. The summed E-state index contributed by atoms with van der Waals surface area (Å²) in [5.74, 6) is 0. The van der Waals surface area contributed by atoms with Gasteiger partial charge in [0.15, 0.2) is 0 Å². The van der Waals surface area contributed by atoms with E-state index in [9.17, 15) is 0 Å². The summed E-state index contributed by atoms with van der Waals surface area (Å²) in [5, 5.41) is 11.3. The molecule has 1 fully saturated rings. The van der Waals surface area contributed by atoms with Crippen molar-refractivity contribution in [2.75, 3.05) is 26.2 Å². The maximum atomic E-state index is 8.42. The summed E-state index contributed by atoms with van der Waals surface area (Å²) in [5.41, 5.74) is 0. The Kier molecular flexibility index (Phi) is 2.27. The van der Waals surface area contributed by atoms with E-state index < -0.39 is 0 Å². The van der Waals surface area contributed by atoms with Crippen molar-refractivity contribution in [3.8, 4) is 0 Å². The van der Waals surface area contributed by atoms with Crippen molar-refractivity contribution in [3.05, 3.63) is 6.67 Å². The third kappa shape index (κ3) is 1.43. The number of hydrogen-bond donors (Lipinski definition) is 2. The molecule has 0 aromatic heterocycles. The third-order valence-electron chi connectivity index (χ3n) is 1.11. The number of hydrogen-bond acceptors (Lipinski definition) is 3. The van der Waals surface area contributed by atoms with E-state index in [0.717, 1.165) is 13.1 Å². The molecule has 0 saturated carbocycles. The zero-order valence-electron chi connectivity index (χ0n) is 4.72. The molecule has 1 aliphatic rings. The highest BCUT2D eigenvalue weighted by molar-refractivity contribution is 4.74. The Morgan fingerprint density at radius 2 is 2.62 bits per heavy atom. The van der Waals surface area contributed by atoms with Crippen molar-refractivity contribution >= 4 is 0 Å². The molecular formula is C5H10N2O. The van der Waals surface area contributed by atoms with Gasteiger partial charge in [-0.2, -0.15) is 0 Å². The molecule has 0 aromatic rings. The largest absolute Gasteiger partial charge is 0.395 e. The van der Waals surface area contributed by atoms with Crippen LogP contribution in [0.3, 0.4) is 0 Å². The second-order valence-electron chi connectivity index (χ2n) is 1.75. The molecule has 0 atom stereocenters. The molecule has 0 aliphatic carbocycles. The Morgan fingerprint density at radius 1 is 1.75 bits per heavy atom. The minimum absolute atomic E-state index is 0.217.